The first kappa shape index (κ1) is 13.9. The van der Waals surface area contributed by atoms with Crippen LogP contribution in [0, 0.1) is 11.3 Å². The lowest BCUT2D eigenvalue weighted by Crippen LogP contribution is -2.54. The van der Waals surface area contributed by atoms with Crippen LogP contribution < -0.4 is 5.32 Å². The third-order valence-electron chi connectivity index (χ3n) is 6.28. The molecule has 0 aromatic rings. The lowest BCUT2D eigenvalue weighted by Gasteiger charge is -2.51. The van der Waals surface area contributed by atoms with E-state index in [4.69, 9.17) is 0 Å². The van der Waals surface area contributed by atoms with Crippen LogP contribution in [0.3, 0.4) is 0 Å². The van der Waals surface area contributed by atoms with Crippen molar-refractivity contribution in [3.05, 3.63) is 0 Å². The van der Waals surface area contributed by atoms with Gasteiger partial charge in [-0.05, 0) is 76.0 Å². The fraction of sp³-hybridized carbons (Fsp3) is 1.00. The van der Waals surface area contributed by atoms with Gasteiger partial charge >= 0.3 is 0 Å². The molecule has 2 unspecified atom stereocenters. The third kappa shape index (κ3) is 3.00. The van der Waals surface area contributed by atoms with Gasteiger partial charge in [-0.1, -0.05) is 26.2 Å². The number of hydrogen-bond acceptors (Lipinski definition) is 2. The van der Waals surface area contributed by atoms with E-state index in [-0.39, 0.29) is 0 Å². The molecule has 3 fully saturated rings. The highest BCUT2D eigenvalue weighted by Gasteiger charge is 2.41. The maximum atomic E-state index is 3.55. The fourth-order valence-electron chi connectivity index (χ4n) is 4.73. The highest BCUT2D eigenvalue weighted by atomic mass is 15.2. The molecule has 110 valence electrons. The topological polar surface area (TPSA) is 15.3 Å². The van der Waals surface area contributed by atoms with Gasteiger partial charge in [0.25, 0.3) is 0 Å². The van der Waals surface area contributed by atoms with Gasteiger partial charge in [0.2, 0.25) is 0 Å². The first-order valence-corrected chi connectivity index (χ1v) is 8.78. The van der Waals surface area contributed by atoms with Gasteiger partial charge in [0.1, 0.15) is 0 Å². The van der Waals surface area contributed by atoms with E-state index in [0.29, 0.717) is 0 Å². The summed E-state index contributed by atoms with van der Waals surface area (Å²) >= 11 is 0. The quantitative estimate of drug-likeness (QED) is 0.837. The number of rotatable bonds is 4. The van der Waals surface area contributed by atoms with E-state index in [9.17, 15) is 0 Å². The van der Waals surface area contributed by atoms with Gasteiger partial charge in [0.05, 0.1) is 0 Å². The summed E-state index contributed by atoms with van der Waals surface area (Å²) < 4.78 is 0. The minimum atomic E-state index is 0.773. The number of nitrogens with zero attached hydrogens (tertiary/aromatic N) is 1. The van der Waals surface area contributed by atoms with Gasteiger partial charge in [-0.2, -0.15) is 0 Å². The number of likely N-dealkylation sites (tertiary alicyclic amines) is 1. The molecule has 19 heavy (non-hydrogen) atoms. The number of hydrogen-bond donors (Lipinski definition) is 1. The first-order valence-electron chi connectivity index (χ1n) is 8.78. The number of piperidine rings is 1. The monoisotopic (exact) mass is 264 g/mol. The smallest absolute Gasteiger partial charge is 0.0136 e. The number of nitrogens with one attached hydrogen (secondary N) is 1. The van der Waals surface area contributed by atoms with Crippen LogP contribution in [0.1, 0.15) is 64.7 Å². The Morgan fingerprint density at radius 3 is 2.32 bits per heavy atom. The van der Waals surface area contributed by atoms with Gasteiger partial charge in [-0.25, -0.2) is 0 Å². The van der Waals surface area contributed by atoms with Crippen molar-refractivity contribution in [3.63, 3.8) is 0 Å². The Morgan fingerprint density at radius 2 is 1.74 bits per heavy atom. The predicted octanol–water partition coefficient (Wildman–Crippen LogP) is 3.42. The molecule has 0 amide bonds. The summed E-state index contributed by atoms with van der Waals surface area (Å²) in [6, 6.07) is 0.917. The van der Waals surface area contributed by atoms with Crippen LogP contribution in [0.4, 0.5) is 0 Å². The average molecular weight is 264 g/mol. The highest BCUT2D eigenvalue weighted by molar-refractivity contribution is 4.95. The molecule has 0 aromatic heterocycles. The van der Waals surface area contributed by atoms with E-state index in [1.165, 1.54) is 77.4 Å². The van der Waals surface area contributed by atoms with Crippen molar-refractivity contribution in [2.75, 3.05) is 26.2 Å². The summed E-state index contributed by atoms with van der Waals surface area (Å²) in [4.78, 5) is 2.84. The average Bonchev–Trinajstić information content (AvgIpc) is 2.42. The molecule has 1 spiro atoms. The maximum absolute atomic E-state index is 3.55. The highest BCUT2D eigenvalue weighted by Crippen LogP contribution is 2.46. The molecule has 0 bridgehead atoms. The molecule has 3 aliphatic rings. The molecule has 1 N–H and O–H groups in total. The van der Waals surface area contributed by atoms with Crippen molar-refractivity contribution in [1.29, 1.82) is 0 Å². The van der Waals surface area contributed by atoms with Gasteiger partial charge in [-0.3, -0.25) is 0 Å². The van der Waals surface area contributed by atoms with Crippen LogP contribution in [0.2, 0.25) is 0 Å². The second-order valence-corrected chi connectivity index (χ2v) is 7.31. The third-order valence-corrected chi connectivity index (χ3v) is 6.28. The minimum absolute atomic E-state index is 0.773. The molecular weight excluding hydrogens is 232 g/mol. The van der Waals surface area contributed by atoms with Crippen molar-refractivity contribution < 1.29 is 0 Å². The first-order chi connectivity index (χ1) is 9.33. The maximum Gasteiger partial charge on any atom is 0.0136 e. The largest absolute Gasteiger partial charge is 0.317 e. The Kier molecular flexibility index (Phi) is 4.48. The SMILES string of the molecule is CCNCC1CCC1N1CCC2(CCCCC2)CC1. The second-order valence-electron chi connectivity index (χ2n) is 7.31. The lowest BCUT2D eigenvalue weighted by molar-refractivity contribution is -0.00453. The zero-order valence-electron chi connectivity index (χ0n) is 12.8. The van der Waals surface area contributed by atoms with Crippen molar-refractivity contribution in [2.24, 2.45) is 11.3 Å². The van der Waals surface area contributed by atoms with Crippen LogP contribution in [0.5, 0.6) is 0 Å². The van der Waals surface area contributed by atoms with Crippen molar-refractivity contribution in [2.45, 2.75) is 70.8 Å². The molecule has 0 radical (unpaired) electrons. The van der Waals surface area contributed by atoms with Crippen molar-refractivity contribution in [1.82, 2.24) is 10.2 Å². The molecule has 1 aliphatic heterocycles. The molecule has 1 heterocycles. The molecule has 3 rings (SSSR count). The zero-order valence-corrected chi connectivity index (χ0v) is 12.8. The summed E-state index contributed by atoms with van der Waals surface area (Å²) in [5.74, 6) is 0.945. The van der Waals surface area contributed by atoms with Crippen LogP contribution >= 0.6 is 0 Å². The van der Waals surface area contributed by atoms with Crippen molar-refractivity contribution >= 4 is 0 Å². The van der Waals surface area contributed by atoms with Crippen LogP contribution in [0.15, 0.2) is 0 Å². The molecule has 2 saturated carbocycles. The van der Waals surface area contributed by atoms with Gasteiger partial charge in [0.15, 0.2) is 0 Å². The molecule has 2 atom stereocenters. The van der Waals surface area contributed by atoms with Crippen LogP contribution in [-0.2, 0) is 0 Å². The Bertz CT molecular complexity index is 273. The molecule has 2 aliphatic carbocycles. The summed E-state index contributed by atoms with van der Waals surface area (Å²) in [5, 5.41) is 3.55. The molecule has 2 nitrogen and oxygen atoms in total. The van der Waals surface area contributed by atoms with Gasteiger partial charge < -0.3 is 10.2 Å². The molecule has 2 heteroatoms. The summed E-state index contributed by atoms with van der Waals surface area (Å²) in [6.45, 7) is 7.40. The van der Waals surface area contributed by atoms with E-state index in [2.05, 4.69) is 17.1 Å². The van der Waals surface area contributed by atoms with E-state index in [1.54, 1.807) is 0 Å². The predicted molar refractivity (Wildman–Crippen MR) is 81.4 cm³/mol. The van der Waals surface area contributed by atoms with E-state index < -0.39 is 0 Å². The van der Waals surface area contributed by atoms with Crippen LogP contribution in [0.25, 0.3) is 0 Å². The van der Waals surface area contributed by atoms with Gasteiger partial charge in [-0.15, -0.1) is 0 Å². The standard InChI is InChI=1S/C17H32N2/c1-2-18-14-15-6-7-16(15)19-12-10-17(11-13-19)8-4-3-5-9-17/h15-16,18H,2-14H2,1H3. The van der Waals surface area contributed by atoms with E-state index in [0.717, 1.165) is 23.9 Å². The summed E-state index contributed by atoms with van der Waals surface area (Å²) in [7, 11) is 0. The van der Waals surface area contributed by atoms with Crippen LogP contribution in [-0.4, -0.2) is 37.1 Å². The fourth-order valence-corrected chi connectivity index (χ4v) is 4.73. The van der Waals surface area contributed by atoms with Gasteiger partial charge in [0, 0.05) is 6.04 Å². The van der Waals surface area contributed by atoms with E-state index in [1.807, 2.05) is 0 Å². The lowest BCUT2D eigenvalue weighted by atomic mass is 9.67. The molecule has 1 saturated heterocycles. The molecule has 0 aromatic carbocycles. The second kappa shape index (κ2) is 6.13. The van der Waals surface area contributed by atoms with Crippen molar-refractivity contribution in [3.8, 4) is 0 Å². The Hall–Kier alpha value is -0.0800. The molecular formula is C17H32N2. The minimum Gasteiger partial charge on any atom is -0.317 e. The normalized spacial score (nSPS) is 35.2. The Morgan fingerprint density at radius 1 is 1.00 bits per heavy atom. The summed E-state index contributed by atoms with van der Waals surface area (Å²) in [6.07, 6.45) is 13.5. The zero-order chi connectivity index (χ0) is 13.1. The summed E-state index contributed by atoms with van der Waals surface area (Å²) in [5.41, 5.74) is 0.773. The Balaban J connectivity index is 1.47. The van der Waals surface area contributed by atoms with E-state index >= 15 is 0 Å². The Labute approximate surface area is 119 Å².